The summed E-state index contributed by atoms with van der Waals surface area (Å²) in [5.41, 5.74) is 2.27. The number of rotatable bonds is 8. The van der Waals surface area contributed by atoms with Gasteiger partial charge in [-0.15, -0.1) is 0 Å². The van der Waals surface area contributed by atoms with Crippen LogP contribution >= 0.6 is 11.6 Å². The summed E-state index contributed by atoms with van der Waals surface area (Å²) in [5, 5.41) is 12.1. The number of methoxy groups -OCH3 is 1. The topological polar surface area (TPSA) is 92.5 Å². The van der Waals surface area contributed by atoms with Crippen LogP contribution in [0.5, 0.6) is 11.5 Å². The fourth-order valence-corrected chi connectivity index (χ4v) is 5.06. The Hall–Kier alpha value is -4.43. The molecule has 2 heterocycles. The molecular formula is C31H29ClN2O6. The largest absolute Gasteiger partial charge is 0.503 e. The summed E-state index contributed by atoms with van der Waals surface area (Å²) in [4.78, 5) is 31.0. The molecule has 1 atom stereocenters. The summed E-state index contributed by atoms with van der Waals surface area (Å²) in [6.07, 6.45) is -0.0856. The van der Waals surface area contributed by atoms with Crippen molar-refractivity contribution in [3.05, 3.63) is 94.4 Å². The van der Waals surface area contributed by atoms with Gasteiger partial charge in [-0.3, -0.25) is 14.5 Å². The third-order valence-corrected chi connectivity index (χ3v) is 6.85. The van der Waals surface area contributed by atoms with Gasteiger partial charge in [0.2, 0.25) is 5.78 Å². The van der Waals surface area contributed by atoms with Crippen LogP contribution in [0, 0.1) is 0 Å². The highest BCUT2D eigenvalue weighted by Crippen LogP contribution is 2.44. The molecule has 0 fully saturated rings. The van der Waals surface area contributed by atoms with Gasteiger partial charge in [0, 0.05) is 41.9 Å². The lowest BCUT2D eigenvalue weighted by Crippen LogP contribution is -2.31. The van der Waals surface area contributed by atoms with Crippen molar-refractivity contribution in [2.24, 2.45) is 0 Å². The van der Waals surface area contributed by atoms with E-state index < -0.39 is 23.5 Å². The molecule has 1 aliphatic rings. The minimum absolute atomic E-state index is 0.0608. The second-order valence-electron chi connectivity index (χ2n) is 9.96. The van der Waals surface area contributed by atoms with E-state index in [-0.39, 0.29) is 17.4 Å². The molecule has 4 aromatic rings. The molecule has 1 aromatic heterocycles. The van der Waals surface area contributed by atoms with Crippen molar-refractivity contribution in [2.75, 3.05) is 31.0 Å². The number of aliphatic hydroxyl groups is 1. The Balaban J connectivity index is 1.65. The normalized spacial score (nSPS) is 15.3. The van der Waals surface area contributed by atoms with Crippen molar-refractivity contribution in [1.29, 1.82) is 0 Å². The van der Waals surface area contributed by atoms with Crippen LogP contribution in [-0.2, 0) is 4.79 Å². The number of anilines is 2. The summed E-state index contributed by atoms with van der Waals surface area (Å²) in [6.45, 7) is 3.82. The predicted octanol–water partition coefficient (Wildman–Crippen LogP) is 6.73. The predicted molar refractivity (Wildman–Crippen MR) is 155 cm³/mol. The molecule has 0 bridgehead atoms. The Morgan fingerprint density at radius 2 is 1.80 bits per heavy atom. The number of hydrogen-bond acceptors (Lipinski definition) is 7. The Bertz CT molecular complexity index is 1640. The molecule has 206 valence electrons. The second-order valence-corrected chi connectivity index (χ2v) is 10.4. The zero-order valence-corrected chi connectivity index (χ0v) is 23.5. The van der Waals surface area contributed by atoms with E-state index >= 15 is 0 Å². The van der Waals surface area contributed by atoms with E-state index in [9.17, 15) is 14.7 Å². The number of fused-ring (bicyclic) bond motifs is 1. The van der Waals surface area contributed by atoms with Gasteiger partial charge in [0.25, 0.3) is 5.91 Å². The number of ketones is 1. The first-order valence-corrected chi connectivity index (χ1v) is 13.1. The van der Waals surface area contributed by atoms with Crippen LogP contribution < -0.4 is 19.3 Å². The summed E-state index contributed by atoms with van der Waals surface area (Å²) in [6, 6.07) is 18.3. The van der Waals surface area contributed by atoms with Gasteiger partial charge in [-0.1, -0.05) is 23.7 Å². The molecule has 3 aromatic carbocycles. The fraction of sp³-hybridized carbons (Fsp3) is 0.226. The number of halogens is 1. The van der Waals surface area contributed by atoms with E-state index in [1.165, 1.54) is 18.1 Å². The van der Waals surface area contributed by atoms with E-state index in [0.717, 1.165) is 5.69 Å². The van der Waals surface area contributed by atoms with Crippen LogP contribution in [0.4, 0.5) is 11.4 Å². The zero-order valence-electron chi connectivity index (χ0n) is 22.8. The zero-order chi connectivity index (χ0) is 28.7. The molecule has 9 heteroatoms. The SMILES string of the molecule is COc1cc(Cl)cc2cc(C(=O)C3=C(O)C(=O)N(c4ccc(N(C)C)cc4)C3c3cccc(OC(C)C)c3)oc12. The van der Waals surface area contributed by atoms with E-state index in [0.29, 0.717) is 38.7 Å². The molecule has 5 rings (SSSR count). The molecule has 8 nitrogen and oxygen atoms in total. The lowest BCUT2D eigenvalue weighted by Gasteiger charge is -2.27. The molecule has 0 saturated carbocycles. The lowest BCUT2D eigenvalue weighted by atomic mass is 9.94. The highest BCUT2D eigenvalue weighted by atomic mass is 35.5. The molecule has 1 aliphatic heterocycles. The van der Waals surface area contributed by atoms with Crippen LogP contribution in [0.15, 0.2) is 82.5 Å². The second kappa shape index (κ2) is 10.6. The standard InChI is InChI=1S/C31H29ClN2O6/c1-17(2)39-23-8-6-7-18(14-23)27-26(28(35)24-15-19-13-20(32)16-25(38-5)30(19)40-24)29(36)31(37)34(27)22-11-9-21(10-12-22)33(3)4/h6-17,27,36H,1-5H3. The van der Waals surface area contributed by atoms with Gasteiger partial charge in [0.15, 0.2) is 22.9 Å². The van der Waals surface area contributed by atoms with Crippen molar-refractivity contribution in [1.82, 2.24) is 0 Å². The Labute approximate surface area is 237 Å². The monoisotopic (exact) mass is 560 g/mol. The molecule has 0 saturated heterocycles. The smallest absolute Gasteiger partial charge is 0.294 e. The number of Topliss-reactive ketones (excluding diaryl/α,β-unsaturated/α-hetero) is 1. The Kier molecular flexibility index (Phi) is 7.21. The van der Waals surface area contributed by atoms with Crippen molar-refractivity contribution in [3.8, 4) is 11.5 Å². The van der Waals surface area contributed by atoms with Crippen molar-refractivity contribution >= 4 is 45.6 Å². The maximum absolute atomic E-state index is 14.0. The molecule has 1 amide bonds. The average Bonchev–Trinajstić information content (AvgIpc) is 3.46. The summed E-state index contributed by atoms with van der Waals surface area (Å²) < 4.78 is 17.2. The molecule has 0 spiro atoms. The maximum Gasteiger partial charge on any atom is 0.294 e. The van der Waals surface area contributed by atoms with Gasteiger partial charge in [-0.05, 0) is 67.9 Å². The summed E-state index contributed by atoms with van der Waals surface area (Å²) in [5.74, 6) is -1.10. The van der Waals surface area contributed by atoms with E-state index in [1.54, 1.807) is 48.5 Å². The Morgan fingerprint density at radius 3 is 2.45 bits per heavy atom. The van der Waals surface area contributed by atoms with E-state index in [1.807, 2.05) is 45.0 Å². The minimum Gasteiger partial charge on any atom is -0.503 e. The molecular weight excluding hydrogens is 532 g/mol. The minimum atomic E-state index is -0.945. The molecule has 0 aliphatic carbocycles. The summed E-state index contributed by atoms with van der Waals surface area (Å²) >= 11 is 6.21. The number of nitrogens with zero attached hydrogens (tertiary/aromatic N) is 2. The van der Waals surface area contributed by atoms with Crippen LogP contribution in [-0.4, -0.2) is 44.1 Å². The van der Waals surface area contributed by atoms with Gasteiger partial charge in [0.1, 0.15) is 5.75 Å². The highest BCUT2D eigenvalue weighted by Gasteiger charge is 2.45. The van der Waals surface area contributed by atoms with Gasteiger partial charge in [-0.25, -0.2) is 0 Å². The number of hydrogen-bond donors (Lipinski definition) is 1. The first kappa shape index (κ1) is 27.1. The third-order valence-electron chi connectivity index (χ3n) is 6.63. The fourth-order valence-electron chi connectivity index (χ4n) is 4.84. The van der Waals surface area contributed by atoms with Crippen molar-refractivity contribution < 1.29 is 28.6 Å². The van der Waals surface area contributed by atoms with E-state index in [2.05, 4.69) is 0 Å². The van der Waals surface area contributed by atoms with Crippen molar-refractivity contribution in [2.45, 2.75) is 26.0 Å². The molecule has 0 radical (unpaired) electrons. The van der Waals surface area contributed by atoms with Gasteiger partial charge in [-0.2, -0.15) is 0 Å². The quantitative estimate of drug-likeness (QED) is 0.239. The van der Waals surface area contributed by atoms with Gasteiger partial charge in [0.05, 0.1) is 24.8 Å². The number of furan rings is 1. The molecule has 40 heavy (non-hydrogen) atoms. The van der Waals surface area contributed by atoms with Crippen LogP contribution in [0.25, 0.3) is 11.0 Å². The number of amides is 1. The van der Waals surface area contributed by atoms with E-state index in [4.69, 9.17) is 25.5 Å². The average molecular weight is 561 g/mol. The number of aliphatic hydroxyl groups excluding tert-OH is 1. The molecule has 1 unspecified atom stereocenters. The highest BCUT2D eigenvalue weighted by molar-refractivity contribution is 6.31. The van der Waals surface area contributed by atoms with Gasteiger partial charge >= 0.3 is 0 Å². The third kappa shape index (κ3) is 4.86. The van der Waals surface area contributed by atoms with Crippen LogP contribution in [0.2, 0.25) is 5.02 Å². The number of carbonyl (C=O) groups excluding carboxylic acids is 2. The van der Waals surface area contributed by atoms with Crippen molar-refractivity contribution in [3.63, 3.8) is 0 Å². The number of benzene rings is 3. The first-order valence-electron chi connectivity index (χ1n) is 12.7. The van der Waals surface area contributed by atoms with Crippen LogP contribution in [0.3, 0.4) is 0 Å². The maximum atomic E-state index is 14.0. The number of ether oxygens (including phenoxy) is 2. The number of carbonyl (C=O) groups is 2. The first-order chi connectivity index (χ1) is 19.1. The van der Waals surface area contributed by atoms with Crippen LogP contribution in [0.1, 0.15) is 36.0 Å². The Morgan fingerprint density at radius 1 is 1.07 bits per heavy atom. The summed E-state index contributed by atoms with van der Waals surface area (Å²) in [7, 11) is 5.30. The lowest BCUT2D eigenvalue weighted by molar-refractivity contribution is -0.117. The molecule has 1 N–H and O–H groups in total. The van der Waals surface area contributed by atoms with Gasteiger partial charge < -0.3 is 23.9 Å².